The minimum Gasteiger partial charge on any atom is -0.381 e. The Labute approximate surface area is 170 Å². The van der Waals surface area contributed by atoms with E-state index in [1.54, 1.807) is 0 Å². The van der Waals surface area contributed by atoms with E-state index in [9.17, 15) is 0 Å². The van der Waals surface area contributed by atoms with Crippen molar-refractivity contribution in [2.75, 3.05) is 18.4 Å². The number of likely N-dealkylation sites (tertiary alicyclic amines) is 1. The third kappa shape index (κ3) is 4.17. The molecule has 0 aliphatic carbocycles. The summed E-state index contributed by atoms with van der Waals surface area (Å²) in [5.74, 6) is 1.13. The number of H-pyrrole nitrogens is 1. The first kappa shape index (κ1) is 17.9. The van der Waals surface area contributed by atoms with Crippen molar-refractivity contribution in [3.63, 3.8) is 0 Å². The minimum atomic E-state index is 0.450. The average molecular weight is 387 g/mol. The van der Waals surface area contributed by atoms with Gasteiger partial charge in [0.15, 0.2) is 0 Å². The van der Waals surface area contributed by atoms with Crippen LogP contribution in [0.4, 0.5) is 5.69 Å². The number of piperidine rings is 1. The van der Waals surface area contributed by atoms with Gasteiger partial charge in [0, 0.05) is 42.6 Å². The maximum Gasteiger partial charge on any atom is 0.123 e. The van der Waals surface area contributed by atoms with Crippen LogP contribution in [0.5, 0.6) is 0 Å². The summed E-state index contributed by atoms with van der Waals surface area (Å²) in [6.45, 7) is 3.91. The molecule has 1 aliphatic rings. The van der Waals surface area contributed by atoms with Crippen LogP contribution in [-0.2, 0) is 13.1 Å². The summed E-state index contributed by atoms with van der Waals surface area (Å²) in [5.41, 5.74) is 3.54. The highest BCUT2D eigenvalue weighted by molar-refractivity contribution is 5.81. The predicted molar refractivity (Wildman–Crippen MR) is 116 cm³/mol. The normalized spacial score (nSPS) is 17.6. The van der Waals surface area contributed by atoms with Crippen LogP contribution in [-0.4, -0.2) is 43.8 Å². The third-order valence-electron chi connectivity index (χ3n) is 5.68. The highest BCUT2D eigenvalue weighted by Crippen LogP contribution is 2.21. The van der Waals surface area contributed by atoms with Crippen LogP contribution in [0.2, 0.25) is 0 Å². The lowest BCUT2D eigenvalue weighted by Crippen LogP contribution is -2.42. The van der Waals surface area contributed by atoms with Gasteiger partial charge in [-0.2, -0.15) is 5.10 Å². The summed E-state index contributed by atoms with van der Waals surface area (Å²) in [5, 5.41) is 12.0. The maximum absolute atomic E-state index is 4.63. The molecule has 6 heteroatoms. The number of aromatic amines is 1. The van der Waals surface area contributed by atoms with Gasteiger partial charge < -0.3 is 9.88 Å². The summed E-state index contributed by atoms with van der Waals surface area (Å²) in [6, 6.07) is 17.4. The molecule has 0 bridgehead atoms. The molecule has 0 amide bonds. The number of rotatable bonds is 6. The summed E-state index contributed by atoms with van der Waals surface area (Å²) in [4.78, 5) is 7.15. The Morgan fingerprint density at radius 3 is 2.97 bits per heavy atom. The third-order valence-corrected chi connectivity index (χ3v) is 5.68. The number of fused-ring (bicyclic) bond motifs is 1. The Morgan fingerprint density at radius 2 is 2.03 bits per heavy atom. The first-order chi connectivity index (χ1) is 14.3. The van der Waals surface area contributed by atoms with Crippen molar-refractivity contribution < 1.29 is 0 Å². The summed E-state index contributed by atoms with van der Waals surface area (Å²) in [7, 11) is 0. The van der Waals surface area contributed by atoms with E-state index in [1.807, 2.05) is 12.4 Å². The number of hydrogen-bond acceptors (Lipinski definition) is 4. The highest BCUT2D eigenvalue weighted by atomic mass is 15.2. The lowest BCUT2D eigenvalue weighted by atomic mass is 10.0. The molecule has 2 aromatic heterocycles. The van der Waals surface area contributed by atoms with Crippen LogP contribution >= 0.6 is 0 Å². The number of nitrogens with zero attached hydrogens (tertiary/aromatic N) is 4. The number of nitrogens with one attached hydrogen (secondary N) is 2. The average Bonchev–Trinajstić information content (AvgIpc) is 3.38. The Balaban J connectivity index is 1.23. The smallest absolute Gasteiger partial charge is 0.123 e. The number of hydrogen-bond donors (Lipinski definition) is 2. The lowest BCUT2D eigenvalue weighted by molar-refractivity contribution is 0.202. The molecule has 3 heterocycles. The van der Waals surface area contributed by atoms with Crippen molar-refractivity contribution in [1.29, 1.82) is 0 Å². The van der Waals surface area contributed by atoms with Crippen molar-refractivity contribution in [2.45, 2.75) is 32.0 Å². The molecule has 1 aliphatic heterocycles. The predicted octanol–water partition coefficient (Wildman–Crippen LogP) is 3.88. The van der Waals surface area contributed by atoms with Crippen LogP contribution in [0.3, 0.4) is 0 Å². The molecule has 2 aromatic carbocycles. The fourth-order valence-electron chi connectivity index (χ4n) is 4.20. The number of anilines is 1. The van der Waals surface area contributed by atoms with Gasteiger partial charge in [0.1, 0.15) is 5.82 Å². The first-order valence-corrected chi connectivity index (χ1v) is 10.3. The minimum absolute atomic E-state index is 0.450. The summed E-state index contributed by atoms with van der Waals surface area (Å²) >= 11 is 0. The van der Waals surface area contributed by atoms with E-state index in [2.05, 4.69) is 84.7 Å². The fraction of sp³-hybridized carbons (Fsp3) is 0.304. The van der Waals surface area contributed by atoms with E-state index < -0.39 is 0 Å². The second-order valence-corrected chi connectivity index (χ2v) is 7.85. The molecule has 0 saturated carbocycles. The number of aromatic nitrogens is 4. The van der Waals surface area contributed by atoms with Gasteiger partial charge in [-0.05, 0) is 43.1 Å². The summed E-state index contributed by atoms with van der Waals surface area (Å²) in [6.07, 6.45) is 8.27. The lowest BCUT2D eigenvalue weighted by Gasteiger charge is -2.33. The Bertz CT molecular complexity index is 1070. The van der Waals surface area contributed by atoms with Gasteiger partial charge in [-0.1, -0.05) is 30.3 Å². The molecular formula is C23H26N6. The van der Waals surface area contributed by atoms with E-state index in [4.69, 9.17) is 0 Å². The molecule has 4 aromatic rings. The zero-order valence-corrected chi connectivity index (χ0v) is 16.5. The van der Waals surface area contributed by atoms with E-state index in [-0.39, 0.29) is 0 Å². The van der Waals surface area contributed by atoms with Gasteiger partial charge in [-0.3, -0.25) is 10.00 Å². The topological polar surface area (TPSA) is 61.8 Å². The molecule has 6 nitrogen and oxygen atoms in total. The van der Waals surface area contributed by atoms with Crippen LogP contribution in [0.1, 0.15) is 24.2 Å². The Hall–Kier alpha value is -3.12. The van der Waals surface area contributed by atoms with Gasteiger partial charge in [-0.15, -0.1) is 0 Å². The van der Waals surface area contributed by atoms with Crippen LogP contribution < -0.4 is 5.32 Å². The van der Waals surface area contributed by atoms with E-state index in [1.165, 1.54) is 18.4 Å². The van der Waals surface area contributed by atoms with Gasteiger partial charge in [0.05, 0.1) is 18.3 Å². The zero-order valence-electron chi connectivity index (χ0n) is 16.5. The second kappa shape index (κ2) is 8.09. The molecule has 148 valence electrons. The monoisotopic (exact) mass is 386 g/mol. The molecular weight excluding hydrogens is 360 g/mol. The summed E-state index contributed by atoms with van der Waals surface area (Å²) < 4.78 is 2.26. The van der Waals surface area contributed by atoms with Crippen molar-refractivity contribution in [3.05, 3.63) is 78.5 Å². The molecule has 1 atom stereocenters. The van der Waals surface area contributed by atoms with Crippen LogP contribution in [0, 0.1) is 0 Å². The molecule has 0 spiro atoms. The number of benzene rings is 2. The number of imidazole rings is 1. The van der Waals surface area contributed by atoms with Crippen molar-refractivity contribution in [1.82, 2.24) is 24.6 Å². The molecule has 1 saturated heterocycles. The van der Waals surface area contributed by atoms with E-state index >= 15 is 0 Å². The van der Waals surface area contributed by atoms with Crippen molar-refractivity contribution in [2.24, 2.45) is 0 Å². The van der Waals surface area contributed by atoms with Crippen molar-refractivity contribution in [3.8, 4) is 0 Å². The highest BCUT2D eigenvalue weighted by Gasteiger charge is 2.21. The first-order valence-electron chi connectivity index (χ1n) is 10.3. The molecule has 2 N–H and O–H groups in total. The van der Waals surface area contributed by atoms with Gasteiger partial charge in [-0.25, -0.2) is 4.98 Å². The van der Waals surface area contributed by atoms with E-state index in [0.717, 1.165) is 48.6 Å². The van der Waals surface area contributed by atoms with Crippen LogP contribution in [0.25, 0.3) is 10.9 Å². The standard InChI is InChI=1S/C23H26N6/c1-2-5-18(6-3-1)15-29-12-10-24-23(29)17-28-11-4-7-21(16-28)26-20-8-9-22-19(13-20)14-25-27-22/h1-3,5-6,8-10,12-14,21,26H,4,7,11,15-17H2,(H,25,27)/t21-/m1/s1. The van der Waals surface area contributed by atoms with Gasteiger partial charge in [0.25, 0.3) is 0 Å². The van der Waals surface area contributed by atoms with Gasteiger partial charge in [0.2, 0.25) is 0 Å². The van der Waals surface area contributed by atoms with Gasteiger partial charge >= 0.3 is 0 Å². The Kier molecular flexibility index (Phi) is 5.01. The van der Waals surface area contributed by atoms with Crippen molar-refractivity contribution >= 4 is 16.6 Å². The second-order valence-electron chi connectivity index (χ2n) is 7.85. The molecule has 0 radical (unpaired) electrons. The van der Waals surface area contributed by atoms with Crippen LogP contribution in [0.15, 0.2) is 67.1 Å². The zero-order chi connectivity index (χ0) is 19.5. The molecule has 5 rings (SSSR count). The SMILES string of the molecule is c1ccc(Cn2ccnc2CN2CCC[C@@H](Nc3ccc4[nH]ncc4c3)C2)cc1. The molecule has 0 unspecified atom stereocenters. The molecule has 1 fully saturated rings. The maximum atomic E-state index is 4.63. The fourth-order valence-corrected chi connectivity index (χ4v) is 4.20. The molecule has 29 heavy (non-hydrogen) atoms. The van der Waals surface area contributed by atoms with E-state index in [0.29, 0.717) is 6.04 Å². The largest absolute Gasteiger partial charge is 0.381 e. The Morgan fingerprint density at radius 1 is 1.10 bits per heavy atom. The quantitative estimate of drug-likeness (QED) is 0.528.